The van der Waals surface area contributed by atoms with E-state index < -0.39 is 11.7 Å². The molecule has 0 bridgehead atoms. The molecule has 8 heteroatoms. The Hall–Kier alpha value is -2.74. The molecule has 0 aliphatic heterocycles. The molecule has 0 spiro atoms. The van der Waals surface area contributed by atoms with Crippen LogP contribution in [0.25, 0.3) is 0 Å². The minimum Gasteiger partial charge on any atom is -0.497 e. The lowest BCUT2D eigenvalue weighted by molar-refractivity contribution is -0.137. The minimum absolute atomic E-state index is 0.0720. The smallest absolute Gasteiger partial charge is 0.416 e. The number of alkyl halides is 3. The van der Waals surface area contributed by atoms with Crippen molar-refractivity contribution in [1.82, 2.24) is 9.80 Å². The molecule has 0 radical (unpaired) electrons. The summed E-state index contributed by atoms with van der Waals surface area (Å²) in [6.07, 6.45) is -4.42. The third-order valence-corrected chi connectivity index (χ3v) is 4.22. The second kappa shape index (κ2) is 10.2. The zero-order chi connectivity index (χ0) is 21.4. The number of ether oxygens (including phenoxy) is 2. The lowest BCUT2D eigenvalue weighted by atomic mass is 10.1. The van der Waals surface area contributed by atoms with Crippen LogP contribution in [0, 0.1) is 0 Å². The summed E-state index contributed by atoms with van der Waals surface area (Å²) < 4.78 is 49.5. The molecule has 0 heterocycles. The van der Waals surface area contributed by atoms with Gasteiger partial charge in [-0.3, -0.25) is 4.79 Å². The summed E-state index contributed by atoms with van der Waals surface area (Å²) in [5.74, 6) is 0.867. The van der Waals surface area contributed by atoms with E-state index in [0.29, 0.717) is 30.2 Å². The lowest BCUT2D eigenvalue weighted by Gasteiger charge is -2.25. The zero-order valence-corrected chi connectivity index (χ0v) is 16.7. The van der Waals surface area contributed by atoms with Gasteiger partial charge in [-0.05, 0) is 56.1 Å². The maximum atomic E-state index is 13.0. The number of likely N-dealkylation sites (N-methyl/N-ethyl adjacent to an activating group) is 1. The van der Waals surface area contributed by atoms with Crippen LogP contribution in [0.2, 0.25) is 0 Å². The monoisotopic (exact) mass is 410 g/mol. The van der Waals surface area contributed by atoms with Crippen molar-refractivity contribution in [3.63, 3.8) is 0 Å². The summed E-state index contributed by atoms with van der Waals surface area (Å²) in [6, 6.07) is 11.8. The number of rotatable bonds is 9. The maximum Gasteiger partial charge on any atom is 0.416 e. The molecule has 0 atom stereocenters. The van der Waals surface area contributed by atoms with Crippen molar-refractivity contribution in [3.8, 4) is 11.5 Å². The Labute approximate surface area is 168 Å². The first-order chi connectivity index (χ1) is 13.7. The Morgan fingerprint density at radius 2 is 1.66 bits per heavy atom. The molecule has 0 saturated heterocycles. The number of amides is 1. The highest BCUT2D eigenvalue weighted by atomic mass is 19.4. The summed E-state index contributed by atoms with van der Waals surface area (Å²) in [5.41, 5.74) is -0.319. The molecule has 2 aromatic carbocycles. The molecule has 1 amide bonds. The van der Waals surface area contributed by atoms with Crippen LogP contribution in [0.5, 0.6) is 11.5 Å². The van der Waals surface area contributed by atoms with Crippen LogP contribution >= 0.6 is 0 Å². The predicted molar refractivity (Wildman–Crippen MR) is 104 cm³/mol. The highest BCUT2D eigenvalue weighted by molar-refractivity contribution is 5.77. The van der Waals surface area contributed by atoms with Crippen molar-refractivity contribution in [2.75, 3.05) is 40.9 Å². The second-order valence-electron chi connectivity index (χ2n) is 6.78. The molecule has 0 aromatic heterocycles. The number of benzene rings is 2. The van der Waals surface area contributed by atoms with Gasteiger partial charge in [-0.1, -0.05) is 12.1 Å². The molecule has 0 N–H and O–H groups in total. The van der Waals surface area contributed by atoms with Crippen molar-refractivity contribution in [2.24, 2.45) is 0 Å². The number of hydrogen-bond donors (Lipinski definition) is 0. The van der Waals surface area contributed by atoms with E-state index in [1.54, 1.807) is 37.4 Å². The van der Waals surface area contributed by atoms with E-state index in [2.05, 4.69) is 0 Å². The molecule has 0 saturated carbocycles. The number of carbonyl (C=O) groups excluding carboxylic acids is 1. The quantitative estimate of drug-likeness (QED) is 0.633. The third-order valence-electron chi connectivity index (χ3n) is 4.22. The molecule has 2 rings (SSSR count). The van der Waals surface area contributed by atoms with Crippen LogP contribution in [0.3, 0.4) is 0 Å². The Morgan fingerprint density at radius 3 is 2.24 bits per heavy atom. The van der Waals surface area contributed by atoms with Gasteiger partial charge in [0.2, 0.25) is 0 Å². The molecule has 5 nitrogen and oxygen atoms in total. The van der Waals surface area contributed by atoms with Crippen molar-refractivity contribution in [2.45, 2.75) is 12.7 Å². The first kappa shape index (κ1) is 22.5. The molecule has 0 aliphatic carbocycles. The normalized spacial score (nSPS) is 11.4. The van der Waals surface area contributed by atoms with Crippen LogP contribution < -0.4 is 9.47 Å². The van der Waals surface area contributed by atoms with Crippen molar-refractivity contribution >= 4 is 5.91 Å². The molecule has 2 aromatic rings. The van der Waals surface area contributed by atoms with Crippen LogP contribution in [0.1, 0.15) is 11.1 Å². The lowest BCUT2D eigenvalue weighted by Crippen LogP contribution is -2.39. The Balaban J connectivity index is 2.06. The number of carbonyl (C=O) groups is 1. The van der Waals surface area contributed by atoms with Gasteiger partial charge >= 0.3 is 6.18 Å². The maximum absolute atomic E-state index is 13.0. The third kappa shape index (κ3) is 7.30. The fourth-order valence-electron chi connectivity index (χ4n) is 2.59. The summed E-state index contributed by atoms with van der Waals surface area (Å²) in [5, 5.41) is 0. The standard InChI is InChI=1S/C21H25F3N2O3/c1-25(2)11-12-26(14-16-5-4-6-17(13-16)21(22,23)24)20(27)15-29-19-9-7-18(28-3)8-10-19/h4-10,13H,11-12,14-15H2,1-3H3. The molecular formula is C21H25F3N2O3. The fourth-order valence-corrected chi connectivity index (χ4v) is 2.59. The van der Waals surface area contributed by atoms with E-state index in [1.807, 2.05) is 19.0 Å². The van der Waals surface area contributed by atoms with Gasteiger partial charge in [0.25, 0.3) is 5.91 Å². The largest absolute Gasteiger partial charge is 0.497 e. The van der Waals surface area contributed by atoms with Gasteiger partial charge in [0.05, 0.1) is 12.7 Å². The number of nitrogens with zero attached hydrogens (tertiary/aromatic N) is 2. The van der Waals surface area contributed by atoms with Gasteiger partial charge in [0.15, 0.2) is 6.61 Å². The Kier molecular flexibility index (Phi) is 7.90. The summed E-state index contributed by atoms with van der Waals surface area (Å²) in [4.78, 5) is 16.1. The van der Waals surface area contributed by atoms with Crippen LogP contribution in [-0.4, -0.2) is 56.6 Å². The van der Waals surface area contributed by atoms with E-state index in [1.165, 1.54) is 11.0 Å². The molecule has 29 heavy (non-hydrogen) atoms. The Bertz CT molecular complexity index is 793. The highest BCUT2D eigenvalue weighted by Crippen LogP contribution is 2.29. The average Bonchev–Trinajstić information content (AvgIpc) is 2.69. The van der Waals surface area contributed by atoms with Gasteiger partial charge in [-0.2, -0.15) is 13.2 Å². The minimum atomic E-state index is -4.42. The molecular weight excluding hydrogens is 385 g/mol. The molecule has 158 valence electrons. The van der Waals surface area contributed by atoms with Gasteiger partial charge < -0.3 is 19.3 Å². The fraction of sp³-hybridized carbons (Fsp3) is 0.381. The van der Waals surface area contributed by atoms with Crippen LogP contribution in [0.15, 0.2) is 48.5 Å². The highest BCUT2D eigenvalue weighted by Gasteiger charge is 2.30. The first-order valence-electron chi connectivity index (χ1n) is 9.04. The SMILES string of the molecule is COc1ccc(OCC(=O)N(CCN(C)C)Cc2cccc(C(F)(F)F)c2)cc1. The summed E-state index contributed by atoms with van der Waals surface area (Å²) in [6.45, 7) is 0.808. The molecule has 0 aliphatic rings. The summed E-state index contributed by atoms with van der Waals surface area (Å²) >= 11 is 0. The van der Waals surface area contributed by atoms with Gasteiger partial charge in [0, 0.05) is 19.6 Å². The van der Waals surface area contributed by atoms with E-state index in [9.17, 15) is 18.0 Å². The van der Waals surface area contributed by atoms with Crippen molar-refractivity contribution < 1.29 is 27.4 Å². The topological polar surface area (TPSA) is 42.0 Å². The van der Waals surface area contributed by atoms with Crippen molar-refractivity contribution in [3.05, 3.63) is 59.7 Å². The van der Waals surface area contributed by atoms with Crippen molar-refractivity contribution in [1.29, 1.82) is 0 Å². The second-order valence-corrected chi connectivity index (χ2v) is 6.78. The predicted octanol–water partition coefficient (Wildman–Crippen LogP) is 3.68. The van der Waals surface area contributed by atoms with Gasteiger partial charge in [-0.25, -0.2) is 0 Å². The zero-order valence-electron chi connectivity index (χ0n) is 16.7. The Morgan fingerprint density at radius 1 is 1.00 bits per heavy atom. The van der Waals surface area contributed by atoms with E-state index >= 15 is 0 Å². The number of halogens is 3. The van der Waals surface area contributed by atoms with Gasteiger partial charge in [-0.15, -0.1) is 0 Å². The first-order valence-corrected chi connectivity index (χ1v) is 9.04. The van der Waals surface area contributed by atoms with Crippen LogP contribution in [-0.2, 0) is 17.5 Å². The van der Waals surface area contributed by atoms with E-state index in [-0.39, 0.29) is 19.1 Å². The van der Waals surface area contributed by atoms with Gasteiger partial charge in [0.1, 0.15) is 11.5 Å². The summed E-state index contributed by atoms with van der Waals surface area (Å²) in [7, 11) is 5.28. The van der Waals surface area contributed by atoms with E-state index in [4.69, 9.17) is 9.47 Å². The number of methoxy groups -OCH3 is 1. The average molecular weight is 410 g/mol. The van der Waals surface area contributed by atoms with Crippen LogP contribution in [0.4, 0.5) is 13.2 Å². The number of hydrogen-bond acceptors (Lipinski definition) is 4. The molecule has 0 unspecified atom stereocenters. The molecule has 0 fully saturated rings. The van der Waals surface area contributed by atoms with E-state index in [0.717, 1.165) is 12.1 Å².